The number of benzene rings is 3. The van der Waals surface area contributed by atoms with Crippen LogP contribution in [0.2, 0.25) is 0 Å². The van der Waals surface area contributed by atoms with E-state index in [1.54, 1.807) is 30.3 Å². The standard InChI is InChI=1S/C25H18IN3O7/c1-32-22-7-14(6-18(26)24(22)33-11-13-2-4-15(5-3-13)29(30)31)23-16-8-20-21(35-12-34-20)9-19(16)36-25(28)17(23)10-27/h2-9,23H,11-12,28H2,1H3/t23-/m0/s1. The Morgan fingerprint density at radius 2 is 1.89 bits per heavy atom. The number of allylic oxidation sites excluding steroid dienone is 1. The van der Waals surface area contributed by atoms with Gasteiger partial charge < -0.3 is 29.4 Å². The molecule has 2 heterocycles. The average molecular weight is 599 g/mol. The molecule has 182 valence electrons. The number of non-ortho nitro benzene ring substituents is 1. The van der Waals surface area contributed by atoms with Gasteiger partial charge >= 0.3 is 0 Å². The SMILES string of the molecule is COc1cc([C@@H]2C(C#N)=C(N)Oc3cc4c(cc32)OCO4)cc(I)c1OCc1ccc([N+](=O)[O-])cc1. The molecule has 11 heteroatoms. The Morgan fingerprint density at radius 3 is 2.56 bits per heavy atom. The van der Waals surface area contributed by atoms with Crippen LogP contribution in [0.1, 0.15) is 22.6 Å². The molecule has 0 aliphatic carbocycles. The van der Waals surface area contributed by atoms with Gasteiger partial charge in [0, 0.05) is 23.8 Å². The number of methoxy groups -OCH3 is 1. The van der Waals surface area contributed by atoms with Crippen LogP contribution in [0.25, 0.3) is 0 Å². The molecule has 2 aliphatic heterocycles. The topological polar surface area (TPSA) is 139 Å². The number of halogens is 1. The van der Waals surface area contributed by atoms with Crippen molar-refractivity contribution in [2.24, 2.45) is 5.73 Å². The summed E-state index contributed by atoms with van der Waals surface area (Å²) in [5.41, 5.74) is 8.62. The predicted molar refractivity (Wildman–Crippen MR) is 135 cm³/mol. The zero-order valence-electron chi connectivity index (χ0n) is 18.8. The first-order chi connectivity index (χ1) is 17.4. The van der Waals surface area contributed by atoms with Crippen LogP contribution in [0.4, 0.5) is 5.69 Å². The third kappa shape index (κ3) is 4.20. The molecule has 3 aromatic rings. The molecule has 0 spiro atoms. The molecule has 2 aliphatic rings. The molecular formula is C25H18IN3O7. The van der Waals surface area contributed by atoms with E-state index in [-0.39, 0.29) is 30.5 Å². The van der Waals surface area contributed by atoms with Gasteiger partial charge in [-0.3, -0.25) is 10.1 Å². The first-order valence-corrected chi connectivity index (χ1v) is 11.7. The molecule has 36 heavy (non-hydrogen) atoms. The predicted octanol–water partition coefficient (Wildman–Crippen LogP) is 4.73. The normalized spacial score (nSPS) is 15.5. The quantitative estimate of drug-likeness (QED) is 0.242. The molecule has 1 atom stereocenters. The maximum Gasteiger partial charge on any atom is 0.269 e. The molecule has 0 radical (unpaired) electrons. The van der Waals surface area contributed by atoms with Crippen molar-refractivity contribution >= 4 is 28.3 Å². The summed E-state index contributed by atoms with van der Waals surface area (Å²) in [6.07, 6.45) is 0. The smallest absolute Gasteiger partial charge is 0.269 e. The fraction of sp³-hybridized carbons (Fsp3) is 0.160. The second-order valence-corrected chi connectivity index (χ2v) is 9.08. The lowest BCUT2D eigenvalue weighted by atomic mass is 9.83. The number of nitro benzene ring substituents is 1. The molecule has 0 aromatic heterocycles. The van der Waals surface area contributed by atoms with E-state index in [9.17, 15) is 15.4 Å². The lowest BCUT2D eigenvalue weighted by Gasteiger charge is -2.27. The number of ether oxygens (including phenoxy) is 5. The molecule has 2 N–H and O–H groups in total. The van der Waals surface area contributed by atoms with Gasteiger partial charge in [0.1, 0.15) is 24.0 Å². The molecule has 3 aromatic carbocycles. The zero-order valence-corrected chi connectivity index (χ0v) is 21.0. The molecular weight excluding hydrogens is 581 g/mol. The van der Waals surface area contributed by atoms with Crippen molar-refractivity contribution in [1.82, 2.24) is 0 Å². The monoisotopic (exact) mass is 599 g/mol. The van der Waals surface area contributed by atoms with Crippen molar-refractivity contribution in [3.8, 4) is 34.8 Å². The van der Waals surface area contributed by atoms with Gasteiger partial charge in [-0.25, -0.2) is 0 Å². The van der Waals surface area contributed by atoms with Gasteiger partial charge in [-0.15, -0.1) is 0 Å². The molecule has 0 fully saturated rings. The lowest BCUT2D eigenvalue weighted by Crippen LogP contribution is -2.21. The highest BCUT2D eigenvalue weighted by molar-refractivity contribution is 14.1. The van der Waals surface area contributed by atoms with E-state index in [2.05, 4.69) is 28.7 Å². The van der Waals surface area contributed by atoms with Crippen LogP contribution >= 0.6 is 22.6 Å². The second kappa shape index (κ2) is 9.46. The van der Waals surface area contributed by atoms with Crippen molar-refractivity contribution < 1.29 is 28.6 Å². The minimum atomic E-state index is -0.528. The minimum Gasteiger partial charge on any atom is -0.493 e. The van der Waals surface area contributed by atoms with E-state index in [0.717, 1.165) is 14.7 Å². The Kier molecular flexibility index (Phi) is 6.19. The number of fused-ring (bicyclic) bond motifs is 2. The van der Waals surface area contributed by atoms with Gasteiger partial charge in [-0.1, -0.05) is 0 Å². The third-order valence-corrected chi connectivity index (χ3v) is 6.63. The van der Waals surface area contributed by atoms with Gasteiger partial charge in [0.05, 0.1) is 21.5 Å². The third-order valence-electron chi connectivity index (χ3n) is 5.83. The Labute approximate surface area is 219 Å². The molecule has 0 saturated heterocycles. The van der Waals surface area contributed by atoms with Crippen LogP contribution in [-0.2, 0) is 6.61 Å². The van der Waals surface area contributed by atoms with Crippen molar-refractivity contribution in [1.29, 1.82) is 5.26 Å². The van der Waals surface area contributed by atoms with E-state index in [1.165, 1.54) is 19.2 Å². The summed E-state index contributed by atoms with van der Waals surface area (Å²) in [6.45, 7) is 0.285. The number of hydrogen-bond donors (Lipinski definition) is 1. The van der Waals surface area contributed by atoms with Crippen molar-refractivity contribution in [3.05, 3.63) is 90.4 Å². The molecule has 0 unspecified atom stereocenters. The molecule has 10 nitrogen and oxygen atoms in total. The molecule has 0 saturated carbocycles. The summed E-state index contributed by atoms with van der Waals surface area (Å²) in [7, 11) is 1.53. The maximum absolute atomic E-state index is 10.9. The summed E-state index contributed by atoms with van der Waals surface area (Å²) in [4.78, 5) is 10.4. The van der Waals surface area contributed by atoms with Crippen molar-refractivity contribution in [2.45, 2.75) is 12.5 Å². The van der Waals surface area contributed by atoms with Crippen LogP contribution < -0.4 is 29.4 Å². The Bertz CT molecular complexity index is 1450. The Balaban J connectivity index is 1.51. The zero-order chi connectivity index (χ0) is 25.4. The number of nitro groups is 1. The number of nitrogens with zero attached hydrogens (tertiary/aromatic N) is 2. The fourth-order valence-electron chi connectivity index (χ4n) is 4.11. The van der Waals surface area contributed by atoms with Crippen LogP contribution in [0, 0.1) is 25.0 Å². The molecule has 0 amide bonds. The van der Waals surface area contributed by atoms with E-state index in [1.807, 2.05) is 6.07 Å². The van der Waals surface area contributed by atoms with Crippen molar-refractivity contribution in [2.75, 3.05) is 13.9 Å². The van der Waals surface area contributed by atoms with Gasteiger partial charge in [-0.05, 0) is 64.0 Å². The lowest BCUT2D eigenvalue weighted by molar-refractivity contribution is -0.384. The summed E-state index contributed by atoms with van der Waals surface area (Å²) in [5, 5.41) is 20.8. The Hall–Kier alpha value is -4.18. The number of hydrogen-bond acceptors (Lipinski definition) is 9. The fourth-order valence-corrected chi connectivity index (χ4v) is 4.89. The van der Waals surface area contributed by atoms with E-state index >= 15 is 0 Å². The largest absolute Gasteiger partial charge is 0.493 e. The summed E-state index contributed by atoms with van der Waals surface area (Å²) in [6, 6.07) is 15.5. The number of nitriles is 1. The highest BCUT2D eigenvalue weighted by Gasteiger charge is 2.34. The van der Waals surface area contributed by atoms with E-state index in [0.29, 0.717) is 34.3 Å². The van der Waals surface area contributed by atoms with Crippen molar-refractivity contribution in [3.63, 3.8) is 0 Å². The first-order valence-electron chi connectivity index (χ1n) is 10.6. The number of rotatable bonds is 6. The summed E-state index contributed by atoms with van der Waals surface area (Å²) in [5.74, 6) is 2.04. The van der Waals surface area contributed by atoms with Gasteiger partial charge in [0.15, 0.2) is 23.0 Å². The van der Waals surface area contributed by atoms with Crippen LogP contribution in [0.3, 0.4) is 0 Å². The van der Waals surface area contributed by atoms with Gasteiger partial charge in [0.25, 0.3) is 5.69 Å². The van der Waals surface area contributed by atoms with Gasteiger partial charge in [-0.2, -0.15) is 5.26 Å². The molecule has 0 bridgehead atoms. The van der Waals surface area contributed by atoms with E-state index < -0.39 is 10.8 Å². The minimum absolute atomic E-state index is 0.00948. The summed E-state index contributed by atoms with van der Waals surface area (Å²) >= 11 is 2.14. The molecule has 5 rings (SSSR count). The van der Waals surface area contributed by atoms with Crippen LogP contribution in [0.5, 0.6) is 28.7 Å². The van der Waals surface area contributed by atoms with Gasteiger partial charge in [0.2, 0.25) is 12.7 Å². The Morgan fingerprint density at radius 1 is 1.17 bits per heavy atom. The second-order valence-electron chi connectivity index (χ2n) is 7.91. The maximum atomic E-state index is 10.9. The highest BCUT2D eigenvalue weighted by atomic mass is 127. The van der Waals surface area contributed by atoms with E-state index in [4.69, 9.17) is 29.4 Å². The number of nitrogens with two attached hydrogens (primary N) is 1. The van der Waals surface area contributed by atoms with Crippen LogP contribution in [-0.4, -0.2) is 18.8 Å². The average Bonchev–Trinajstić information content (AvgIpc) is 3.33. The summed E-state index contributed by atoms with van der Waals surface area (Å²) < 4.78 is 29.1. The highest BCUT2D eigenvalue weighted by Crippen LogP contribution is 2.49. The first kappa shape index (κ1) is 23.6. The van der Waals surface area contributed by atoms with Crippen LogP contribution in [0.15, 0.2) is 60.0 Å².